The number of hydrogen-bond donors (Lipinski definition) is 1. The smallest absolute Gasteiger partial charge is 0.305 e. The van der Waals surface area contributed by atoms with Crippen molar-refractivity contribution in [1.29, 1.82) is 0 Å². The molecule has 6 nitrogen and oxygen atoms in total. The fourth-order valence-electron chi connectivity index (χ4n) is 3.24. The van der Waals surface area contributed by atoms with Crippen LogP contribution in [0, 0.1) is 17.6 Å². The predicted octanol–water partition coefficient (Wildman–Crippen LogP) is 2.53. The first-order valence-electron chi connectivity index (χ1n) is 8.97. The molecule has 1 aromatic carbocycles. The van der Waals surface area contributed by atoms with Crippen LogP contribution in [0.2, 0.25) is 0 Å². The number of carboxylic acids is 1. The Kier molecular flexibility index (Phi) is 6.87. The lowest BCUT2D eigenvalue weighted by Crippen LogP contribution is -2.47. The van der Waals surface area contributed by atoms with Gasteiger partial charge in [0.25, 0.3) is 5.91 Å². The van der Waals surface area contributed by atoms with Gasteiger partial charge in [0.15, 0.2) is 0 Å². The molecule has 2 amide bonds. The third kappa shape index (κ3) is 5.24. The van der Waals surface area contributed by atoms with Crippen LogP contribution in [0.15, 0.2) is 18.2 Å². The van der Waals surface area contributed by atoms with Crippen molar-refractivity contribution in [2.24, 2.45) is 5.92 Å². The minimum Gasteiger partial charge on any atom is -0.481 e. The number of piperidine rings is 1. The van der Waals surface area contributed by atoms with E-state index in [2.05, 4.69) is 0 Å². The zero-order valence-electron chi connectivity index (χ0n) is 15.5. The average Bonchev–Trinajstić information content (AvgIpc) is 2.61. The highest BCUT2D eigenvalue weighted by atomic mass is 19.1. The molecule has 0 spiro atoms. The standard InChI is InChI=1S/C19H24F2N2O4/c1-12(2)23(10-7-17(24)25)18(26)13-5-8-22(9-6-13)19(27)15-4-3-14(20)11-16(15)21/h3-4,11-13H,5-10H2,1-2H3,(H,24,25). The zero-order valence-corrected chi connectivity index (χ0v) is 15.5. The zero-order chi connectivity index (χ0) is 20.1. The number of aliphatic carboxylic acids is 1. The van der Waals surface area contributed by atoms with E-state index in [9.17, 15) is 23.2 Å². The second-order valence-electron chi connectivity index (χ2n) is 6.96. The second-order valence-corrected chi connectivity index (χ2v) is 6.96. The highest BCUT2D eigenvalue weighted by molar-refractivity contribution is 5.94. The molecule has 148 valence electrons. The first-order chi connectivity index (χ1) is 12.7. The van der Waals surface area contributed by atoms with Crippen molar-refractivity contribution >= 4 is 17.8 Å². The normalized spacial score (nSPS) is 15.1. The third-order valence-corrected chi connectivity index (χ3v) is 4.77. The van der Waals surface area contributed by atoms with E-state index in [-0.39, 0.29) is 49.5 Å². The van der Waals surface area contributed by atoms with Crippen LogP contribution in [0.5, 0.6) is 0 Å². The van der Waals surface area contributed by atoms with E-state index >= 15 is 0 Å². The minimum atomic E-state index is -0.963. The minimum absolute atomic E-state index is 0.119. The summed E-state index contributed by atoms with van der Waals surface area (Å²) in [6.45, 7) is 4.38. The molecule has 0 aromatic heterocycles. The van der Waals surface area contributed by atoms with Gasteiger partial charge in [0.05, 0.1) is 12.0 Å². The van der Waals surface area contributed by atoms with E-state index in [1.807, 2.05) is 13.8 Å². The number of rotatable bonds is 6. The van der Waals surface area contributed by atoms with Crippen molar-refractivity contribution in [3.8, 4) is 0 Å². The lowest BCUT2D eigenvalue weighted by atomic mass is 9.94. The van der Waals surface area contributed by atoms with E-state index in [0.717, 1.165) is 12.1 Å². The molecule has 1 aliphatic heterocycles. The van der Waals surface area contributed by atoms with E-state index in [1.54, 1.807) is 4.90 Å². The number of nitrogens with zero attached hydrogens (tertiary/aromatic N) is 2. The van der Waals surface area contributed by atoms with Crippen LogP contribution in [0.4, 0.5) is 8.78 Å². The summed E-state index contributed by atoms with van der Waals surface area (Å²) in [6.07, 6.45) is 0.721. The molecule has 1 N–H and O–H groups in total. The van der Waals surface area contributed by atoms with Crippen LogP contribution >= 0.6 is 0 Å². The molecule has 2 rings (SSSR count). The van der Waals surface area contributed by atoms with Gasteiger partial charge < -0.3 is 14.9 Å². The Hall–Kier alpha value is -2.51. The van der Waals surface area contributed by atoms with Crippen LogP contribution in [-0.2, 0) is 9.59 Å². The van der Waals surface area contributed by atoms with Crippen molar-refractivity contribution in [1.82, 2.24) is 9.80 Å². The molecule has 1 aliphatic rings. The van der Waals surface area contributed by atoms with E-state index < -0.39 is 23.5 Å². The lowest BCUT2D eigenvalue weighted by Gasteiger charge is -2.35. The quantitative estimate of drug-likeness (QED) is 0.820. The molecule has 27 heavy (non-hydrogen) atoms. The van der Waals surface area contributed by atoms with Gasteiger partial charge in [-0.3, -0.25) is 14.4 Å². The summed E-state index contributed by atoms with van der Waals surface area (Å²) in [5.41, 5.74) is -0.188. The Labute approximate surface area is 156 Å². The molecule has 0 bridgehead atoms. The number of amides is 2. The van der Waals surface area contributed by atoms with Gasteiger partial charge in [-0.15, -0.1) is 0 Å². The lowest BCUT2D eigenvalue weighted by molar-refractivity contribution is -0.141. The first kappa shape index (κ1) is 20.8. The molecule has 1 fully saturated rings. The fourth-order valence-corrected chi connectivity index (χ4v) is 3.24. The highest BCUT2D eigenvalue weighted by Gasteiger charge is 2.32. The van der Waals surface area contributed by atoms with Crippen LogP contribution in [0.3, 0.4) is 0 Å². The summed E-state index contributed by atoms with van der Waals surface area (Å²) in [5, 5.41) is 8.84. The summed E-state index contributed by atoms with van der Waals surface area (Å²) in [4.78, 5) is 38.9. The van der Waals surface area contributed by atoms with Crippen LogP contribution in [-0.4, -0.2) is 58.4 Å². The second kappa shape index (κ2) is 8.92. The van der Waals surface area contributed by atoms with Crippen LogP contribution in [0.25, 0.3) is 0 Å². The molecular weight excluding hydrogens is 358 g/mol. The number of hydrogen-bond acceptors (Lipinski definition) is 3. The van der Waals surface area contributed by atoms with Gasteiger partial charge in [0, 0.05) is 37.7 Å². The Morgan fingerprint density at radius 1 is 1.22 bits per heavy atom. The molecule has 1 heterocycles. The van der Waals surface area contributed by atoms with E-state index in [1.165, 1.54) is 4.90 Å². The number of halogens is 2. The van der Waals surface area contributed by atoms with Gasteiger partial charge in [0.1, 0.15) is 11.6 Å². The maximum atomic E-state index is 13.8. The number of carbonyl (C=O) groups is 3. The monoisotopic (exact) mass is 382 g/mol. The predicted molar refractivity (Wildman–Crippen MR) is 94.1 cm³/mol. The Morgan fingerprint density at radius 3 is 2.37 bits per heavy atom. The van der Waals surface area contributed by atoms with Gasteiger partial charge in [-0.25, -0.2) is 8.78 Å². The van der Waals surface area contributed by atoms with E-state index in [4.69, 9.17) is 5.11 Å². The summed E-state index contributed by atoms with van der Waals surface area (Å²) < 4.78 is 26.8. The summed E-state index contributed by atoms with van der Waals surface area (Å²) >= 11 is 0. The highest BCUT2D eigenvalue weighted by Crippen LogP contribution is 2.23. The fraction of sp³-hybridized carbons (Fsp3) is 0.526. The molecule has 0 aliphatic carbocycles. The third-order valence-electron chi connectivity index (χ3n) is 4.77. The van der Waals surface area contributed by atoms with Crippen molar-refractivity contribution < 1.29 is 28.3 Å². The first-order valence-corrected chi connectivity index (χ1v) is 8.97. The van der Waals surface area contributed by atoms with Crippen molar-refractivity contribution in [2.45, 2.75) is 39.2 Å². The summed E-state index contributed by atoms with van der Waals surface area (Å²) in [7, 11) is 0. The van der Waals surface area contributed by atoms with Gasteiger partial charge >= 0.3 is 5.97 Å². The summed E-state index contributed by atoms with van der Waals surface area (Å²) in [6, 6.07) is 2.71. The maximum absolute atomic E-state index is 13.8. The molecule has 0 saturated carbocycles. The van der Waals surface area contributed by atoms with E-state index in [0.29, 0.717) is 18.9 Å². The largest absolute Gasteiger partial charge is 0.481 e. The molecule has 0 radical (unpaired) electrons. The van der Waals surface area contributed by atoms with Crippen molar-refractivity contribution in [2.75, 3.05) is 19.6 Å². The van der Waals surface area contributed by atoms with Crippen molar-refractivity contribution in [3.05, 3.63) is 35.4 Å². The number of carboxylic acid groups (broad SMARTS) is 1. The number of benzene rings is 1. The number of likely N-dealkylation sites (tertiary alicyclic amines) is 1. The Balaban J connectivity index is 1.98. The molecule has 1 saturated heterocycles. The SMILES string of the molecule is CC(C)N(CCC(=O)O)C(=O)C1CCN(C(=O)c2ccc(F)cc2F)CC1. The Morgan fingerprint density at radius 2 is 1.85 bits per heavy atom. The van der Waals surface area contributed by atoms with Gasteiger partial charge in [-0.1, -0.05) is 0 Å². The maximum Gasteiger partial charge on any atom is 0.305 e. The number of carbonyl (C=O) groups excluding carboxylic acids is 2. The average molecular weight is 382 g/mol. The van der Waals surface area contributed by atoms with Gasteiger partial charge in [-0.2, -0.15) is 0 Å². The topological polar surface area (TPSA) is 77.9 Å². The van der Waals surface area contributed by atoms with Crippen LogP contribution in [0.1, 0.15) is 43.5 Å². The Bertz CT molecular complexity index is 716. The molecular formula is C19H24F2N2O4. The van der Waals surface area contributed by atoms with Crippen LogP contribution < -0.4 is 0 Å². The molecule has 0 unspecified atom stereocenters. The van der Waals surface area contributed by atoms with Crippen molar-refractivity contribution in [3.63, 3.8) is 0 Å². The summed E-state index contributed by atoms with van der Waals surface area (Å²) in [5.74, 6) is -3.56. The van der Waals surface area contributed by atoms with Gasteiger partial charge in [-0.05, 0) is 38.8 Å². The molecule has 1 aromatic rings. The van der Waals surface area contributed by atoms with Gasteiger partial charge in [0.2, 0.25) is 5.91 Å². The molecule has 0 atom stereocenters. The molecule has 8 heteroatoms.